The van der Waals surface area contributed by atoms with Crippen LogP contribution in [0.3, 0.4) is 0 Å². The lowest BCUT2D eigenvalue weighted by molar-refractivity contribution is -0.137. The zero-order valence-corrected chi connectivity index (χ0v) is 31.0. The van der Waals surface area contributed by atoms with E-state index in [4.69, 9.17) is 21.2 Å². The highest BCUT2D eigenvalue weighted by Gasteiger charge is 2.38. The number of carbonyl (C=O) groups is 3. The van der Waals surface area contributed by atoms with Gasteiger partial charge in [0.05, 0.1) is 28.8 Å². The molecule has 6 rings (SSSR count). The van der Waals surface area contributed by atoms with Crippen molar-refractivity contribution in [3.63, 3.8) is 0 Å². The number of nitrogens with one attached hydrogen (secondary N) is 2. The SMILES string of the molecule is CN1C(=O)CCS(=O)(=O)C1c1ccc(Cl)cc1.Cc1cccc(Nc2ccccc2C(=O)O)c1C.Cc1oncc1C(=O)Nc1ccc(C(F)(F)F)cc1. The van der Waals surface area contributed by atoms with Crippen molar-refractivity contribution in [2.24, 2.45) is 0 Å². The number of anilines is 3. The van der Waals surface area contributed by atoms with E-state index in [9.17, 15) is 36.0 Å². The average molecular weight is 785 g/mol. The van der Waals surface area contributed by atoms with Crippen molar-refractivity contribution >= 4 is 56.3 Å². The molecule has 11 nitrogen and oxygen atoms in total. The van der Waals surface area contributed by atoms with Crippen molar-refractivity contribution < 1.29 is 45.6 Å². The number of aromatic nitrogens is 1. The molecule has 1 aromatic heterocycles. The highest BCUT2D eigenvalue weighted by Crippen LogP contribution is 2.32. The first kappa shape index (κ1) is 41.1. The zero-order chi connectivity index (χ0) is 39.8. The number of para-hydroxylation sites is 1. The Morgan fingerprint density at radius 1 is 0.907 bits per heavy atom. The molecule has 5 aromatic rings. The van der Waals surface area contributed by atoms with E-state index >= 15 is 0 Å². The number of carboxylic acids is 1. The summed E-state index contributed by atoms with van der Waals surface area (Å²) in [5, 5.41) is 17.9. The highest BCUT2D eigenvalue weighted by molar-refractivity contribution is 7.91. The Morgan fingerprint density at radius 3 is 2.13 bits per heavy atom. The molecule has 0 bridgehead atoms. The fourth-order valence-corrected chi connectivity index (χ4v) is 7.20. The normalized spacial score (nSPS) is 14.9. The molecule has 0 radical (unpaired) electrons. The molecule has 4 aromatic carbocycles. The van der Waals surface area contributed by atoms with Gasteiger partial charge in [0.15, 0.2) is 15.2 Å². The van der Waals surface area contributed by atoms with Gasteiger partial charge in [-0.1, -0.05) is 53.2 Å². The minimum absolute atomic E-state index is 0.0585. The Labute approximate surface area is 314 Å². The summed E-state index contributed by atoms with van der Waals surface area (Å²) in [7, 11) is -1.80. The first-order chi connectivity index (χ1) is 25.4. The summed E-state index contributed by atoms with van der Waals surface area (Å²) in [6.07, 6.45) is -3.09. The number of sulfone groups is 1. The Hall–Kier alpha value is -5.67. The molecule has 1 fully saturated rings. The van der Waals surface area contributed by atoms with E-state index in [0.29, 0.717) is 22.0 Å². The second kappa shape index (κ2) is 17.4. The van der Waals surface area contributed by atoms with Crippen molar-refractivity contribution in [3.05, 3.63) is 141 Å². The van der Waals surface area contributed by atoms with E-state index in [1.807, 2.05) is 38.1 Å². The monoisotopic (exact) mass is 784 g/mol. The molecule has 284 valence electrons. The lowest BCUT2D eigenvalue weighted by atomic mass is 10.1. The van der Waals surface area contributed by atoms with Gasteiger partial charge in [0, 0.05) is 29.9 Å². The molecule has 1 aliphatic rings. The predicted molar refractivity (Wildman–Crippen MR) is 199 cm³/mol. The van der Waals surface area contributed by atoms with Gasteiger partial charge in [-0.05, 0) is 92.1 Å². The number of carbonyl (C=O) groups excluding carboxylic acids is 2. The second-order valence-electron chi connectivity index (χ2n) is 12.1. The quantitative estimate of drug-likeness (QED) is 0.153. The van der Waals surface area contributed by atoms with Gasteiger partial charge in [-0.25, -0.2) is 13.2 Å². The number of benzene rings is 4. The first-order valence-electron chi connectivity index (χ1n) is 16.2. The van der Waals surface area contributed by atoms with Gasteiger partial charge in [0.25, 0.3) is 5.91 Å². The van der Waals surface area contributed by atoms with Crippen LogP contribution in [0.25, 0.3) is 0 Å². The van der Waals surface area contributed by atoms with E-state index in [1.54, 1.807) is 49.4 Å². The maximum atomic E-state index is 12.4. The number of hydrogen-bond acceptors (Lipinski definition) is 8. The Morgan fingerprint density at radius 2 is 1.54 bits per heavy atom. The van der Waals surface area contributed by atoms with Crippen LogP contribution in [0.1, 0.15) is 60.5 Å². The van der Waals surface area contributed by atoms with Crippen LogP contribution in [0.4, 0.5) is 30.2 Å². The molecule has 54 heavy (non-hydrogen) atoms. The van der Waals surface area contributed by atoms with E-state index in [0.717, 1.165) is 23.4 Å². The van der Waals surface area contributed by atoms with Crippen LogP contribution in [0.15, 0.2) is 102 Å². The number of halogens is 4. The van der Waals surface area contributed by atoms with E-state index < -0.39 is 38.8 Å². The summed E-state index contributed by atoms with van der Waals surface area (Å²) in [4.78, 5) is 35.7. The molecule has 2 heterocycles. The van der Waals surface area contributed by atoms with Gasteiger partial charge in [-0.15, -0.1) is 0 Å². The summed E-state index contributed by atoms with van der Waals surface area (Å²) in [6, 6.07) is 23.5. The minimum Gasteiger partial charge on any atom is -0.478 e. The molecule has 1 unspecified atom stereocenters. The third-order valence-electron chi connectivity index (χ3n) is 8.34. The number of aryl methyl sites for hydroxylation is 2. The lowest BCUT2D eigenvalue weighted by Crippen LogP contribution is -2.42. The summed E-state index contributed by atoms with van der Waals surface area (Å²) in [5.74, 6) is -1.32. The van der Waals surface area contributed by atoms with Gasteiger partial charge in [0.2, 0.25) is 5.91 Å². The minimum atomic E-state index is -4.40. The highest BCUT2D eigenvalue weighted by atomic mass is 35.5. The average Bonchev–Trinajstić information content (AvgIpc) is 3.56. The number of aromatic carboxylic acids is 1. The first-order valence-corrected chi connectivity index (χ1v) is 18.3. The Bertz CT molecular complexity index is 2230. The van der Waals surface area contributed by atoms with E-state index in [1.165, 1.54) is 35.8 Å². The van der Waals surface area contributed by atoms with Crippen molar-refractivity contribution in [2.45, 2.75) is 38.7 Å². The van der Waals surface area contributed by atoms with Crippen LogP contribution < -0.4 is 10.6 Å². The smallest absolute Gasteiger partial charge is 0.416 e. The van der Waals surface area contributed by atoms with Crippen molar-refractivity contribution in [3.8, 4) is 0 Å². The van der Waals surface area contributed by atoms with Crippen LogP contribution in [0.5, 0.6) is 0 Å². The molecule has 3 N–H and O–H groups in total. The largest absolute Gasteiger partial charge is 0.478 e. The number of rotatable bonds is 6. The second-order valence-corrected chi connectivity index (χ2v) is 14.7. The van der Waals surface area contributed by atoms with Crippen LogP contribution >= 0.6 is 11.6 Å². The molecule has 0 saturated carbocycles. The molecule has 0 aliphatic carbocycles. The molecule has 1 atom stereocenters. The Kier molecular flexibility index (Phi) is 13.3. The zero-order valence-electron chi connectivity index (χ0n) is 29.4. The summed E-state index contributed by atoms with van der Waals surface area (Å²) in [6.45, 7) is 5.61. The maximum absolute atomic E-state index is 12.4. The standard InChI is InChI=1S/C15H15NO2.C12H9F3N2O2.C11H12ClNO3S/c1-10-6-5-9-13(11(10)2)16-14-8-4-3-7-12(14)15(17)18;1-7-10(6-16-19-7)11(18)17-9-4-2-8(3-5-9)12(13,14)15;1-13-10(14)6-7-17(15,16)11(13)8-2-4-9(12)5-3-8/h3-9,16H,1-2H3,(H,17,18);2-6H,1H3,(H,17,18);2-5,11H,6-7H2,1H3. The summed E-state index contributed by atoms with van der Waals surface area (Å²) >= 11 is 5.76. The molecule has 0 spiro atoms. The van der Waals surface area contributed by atoms with Crippen molar-refractivity contribution in [1.29, 1.82) is 0 Å². The van der Waals surface area contributed by atoms with Crippen LogP contribution in [0.2, 0.25) is 5.02 Å². The molecule has 16 heteroatoms. The fourth-order valence-electron chi connectivity index (χ4n) is 5.22. The number of amides is 2. The molecule has 1 saturated heterocycles. The molecular formula is C38H36ClF3N4O7S. The predicted octanol–water partition coefficient (Wildman–Crippen LogP) is 8.61. The van der Waals surface area contributed by atoms with Crippen molar-refractivity contribution in [1.82, 2.24) is 10.1 Å². The van der Waals surface area contributed by atoms with Gasteiger partial charge < -0.3 is 25.2 Å². The summed E-state index contributed by atoms with van der Waals surface area (Å²) < 4.78 is 65.8. The number of nitrogens with zero attached hydrogens (tertiary/aromatic N) is 2. The van der Waals surface area contributed by atoms with Crippen molar-refractivity contribution in [2.75, 3.05) is 23.4 Å². The maximum Gasteiger partial charge on any atom is 0.416 e. The Balaban J connectivity index is 0.000000181. The third kappa shape index (κ3) is 10.5. The molecular weight excluding hydrogens is 749 g/mol. The molecule has 2 amide bonds. The molecule has 1 aliphatic heterocycles. The van der Waals surface area contributed by atoms with E-state index in [-0.39, 0.29) is 34.9 Å². The van der Waals surface area contributed by atoms with E-state index in [2.05, 4.69) is 15.8 Å². The van der Waals surface area contributed by atoms with Crippen LogP contribution in [0, 0.1) is 20.8 Å². The van der Waals surface area contributed by atoms with Crippen LogP contribution in [-0.4, -0.2) is 54.2 Å². The summed E-state index contributed by atoms with van der Waals surface area (Å²) in [5.41, 5.74) is 4.42. The number of hydrogen-bond donors (Lipinski definition) is 3. The third-order valence-corrected chi connectivity index (χ3v) is 10.6. The van der Waals surface area contributed by atoms with Gasteiger partial charge in [0.1, 0.15) is 11.3 Å². The lowest BCUT2D eigenvalue weighted by Gasteiger charge is -2.32. The fraction of sp³-hybridized carbons (Fsp3) is 0.211. The van der Waals surface area contributed by atoms with Gasteiger partial charge in [-0.2, -0.15) is 13.2 Å². The van der Waals surface area contributed by atoms with Gasteiger partial charge >= 0.3 is 12.1 Å². The topological polar surface area (TPSA) is 159 Å². The van der Waals surface area contributed by atoms with Gasteiger partial charge in [-0.3, -0.25) is 9.59 Å². The van der Waals surface area contributed by atoms with Crippen LogP contribution in [-0.2, 0) is 20.8 Å². The number of carboxylic acid groups (broad SMARTS) is 1. The number of alkyl halides is 3.